The number of rotatable bonds is 5. The zero-order chi connectivity index (χ0) is 25.4. The van der Waals surface area contributed by atoms with Crippen molar-refractivity contribution in [2.75, 3.05) is 12.0 Å². The van der Waals surface area contributed by atoms with E-state index < -0.39 is 34.3 Å². The van der Waals surface area contributed by atoms with Gasteiger partial charge in [-0.15, -0.1) is 0 Å². The first kappa shape index (κ1) is 23.0. The van der Waals surface area contributed by atoms with Crippen LogP contribution in [-0.2, 0) is 9.53 Å². The summed E-state index contributed by atoms with van der Waals surface area (Å²) in [5.41, 5.74) is 0.532. The van der Waals surface area contributed by atoms with E-state index in [1.165, 1.54) is 31.4 Å². The largest absolute Gasteiger partial charge is 0.468 e. The second-order valence-electron chi connectivity index (χ2n) is 8.74. The summed E-state index contributed by atoms with van der Waals surface area (Å²) < 4.78 is 5.17. The number of nitro benzene ring substituents is 1. The van der Waals surface area contributed by atoms with Crippen LogP contribution in [0.5, 0.6) is 0 Å². The van der Waals surface area contributed by atoms with Crippen LogP contribution in [0.3, 0.4) is 0 Å². The number of hydrogen-bond donors (Lipinski definition) is 0. The monoisotopic (exact) mass is 479 g/mol. The number of fused-ring (bicyclic) bond motifs is 3. The predicted octanol–water partition coefficient (Wildman–Crippen LogP) is 4.53. The number of benzene rings is 3. The van der Waals surface area contributed by atoms with Crippen molar-refractivity contribution in [3.63, 3.8) is 0 Å². The third kappa shape index (κ3) is 3.28. The molecule has 2 heterocycles. The molecule has 0 spiro atoms. The van der Waals surface area contributed by atoms with E-state index >= 15 is 0 Å². The van der Waals surface area contributed by atoms with Crippen LogP contribution in [-0.4, -0.2) is 35.9 Å². The van der Waals surface area contributed by atoms with Crippen molar-refractivity contribution < 1.29 is 19.2 Å². The van der Waals surface area contributed by atoms with Crippen molar-refractivity contribution in [3.8, 4) is 6.07 Å². The molecule has 178 valence electrons. The van der Waals surface area contributed by atoms with Gasteiger partial charge < -0.3 is 9.64 Å². The Kier molecular flexibility index (Phi) is 5.61. The van der Waals surface area contributed by atoms with E-state index in [0.29, 0.717) is 16.8 Å². The first-order valence-corrected chi connectivity index (χ1v) is 11.3. The molecule has 0 N–H and O–H groups in total. The Hall–Kier alpha value is -4.77. The average Bonchev–Trinajstić information content (AvgIpc) is 3.24. The number of para-hydroxylation sites is 1. The van der Waals surface area contributed by atoms with Crippen LogP contribution in [0.1, 0.15) is 27.4 Å². The fourth-order valence-corrected chi connectivity index (χ4v) is 5.49. The maximum atomic E-state index is 14.1. The van der Waals surface area contributed by atoms with Crippen LogP contribution < -0.4 is 4.90 Å². The summed E-state index contributed by atoms with van der Waals surface area (Å²) in [6.07, 6.45) is 3.60. The first-order valence-electron chi connectivity index (χ1n) is 11.3. The first-order chi connectivity index (χ1) is 17.4. The predicted molar refractivity (Wildman–Crippen MR) is 132 cm³/mol. The molecule has 0 aromatic heterocycles. The molecular weight excluding hydrogens is 458 g/mol. The Labute approximate surface area is 207 Å². The standard InChI is InChI=1S/C28H21N3O5/c1-36-27(33)28(17-29)23-16-13-18-7-5-6-10-22(18)30(23)25(26(32)20-8-3-2-4-9-20)24(28)19-11-14-21(15-12-19)31(34)35/h2-16,23-25H,1H3/t23-,24+,25+,28-/m0/s1. The minimum Gasteiger partial charge on any atom is -0.468 e. The maximum Gasteiger partial charge on any atom is 0.329 e. The van der Waals surface area contributed by atoms with Gasteiger partial charge in [-0.2, -0.15) is 5.26 Å². The lowest BCUT2D eigenvalue weighted by Gasteiger charge is -2.36. The molecule has 1 saturated heterocycles. The molecule has 0 radical (unpaired) electrons. The average molecular weight is 479 g/mol. The number of esters is 1. The quantitative estimate of drug-likeness (QED) is 0.229. The van der Waals surface area contributed by atoms with E-state index in [1.807, 2.05) is 35.2 Å². The Morgan fingerprint density at radius 2 is 1.69 bits per heavy atom. The SMILES string of the molecule is COC(=O)[C@]1(C#N)[C@H](c2ccc([N+](=O)[O-])cc2)[C@H](C(=O)c2ccccc2)N2c3ccccc3C=C[C@H]21. The van der Waals surface area contributed by atoms with E-state index in [9.17, 15) is 25.0 Å². The van der Waals surface area contributed by atoms with Gasteiger partial charge in [0, 0.05) is 29.3 Å². The van der Waals surface area contributed by atoms with Crippen LogP contribution in [0.4, 0.5) is 11.4 Å². The topological polar surface area (TPSA) is 114 Å². The number of nitriles is 1. The fourth-order valence-electron chi connectivity index (χ4n) is 5.49. The zero-order valence-corrected chi connectivity index (χ0v) is 19.3. The van der Waals surface area contributed by atoms with Gasteiger partial charge in [0.15, 0.2) is 11.2 Å². The number of methoxy groups -OCH3 is 1. The molecule has 8 heteroatoms. The Bertz CT molecular complexity index is 1430. The highest BCUT2D eigenvalue weighted by molar-refractivity contribution is 6.06. The highest BCUT2D eigenvalue weighted by atomic mass is 16.6. The molecule has 1 fully saturated rings. The number of anilines is 1. The number of ketones is 1. The Morgan fingerprint density at radius 1 is 1.03 bits per heavy atom. The van der Waals surface area contributed by atoms with Gasteiger partial charge in [0.2, 0.25) is 0 Å². The minimum absolute atomic E-state index is 0.133. The molecule has 0 aliphatic carbocycles. The van der Waals surface area contributed by atoms with Crippen molar-refractivity contribution in [1.82, 2.24) is 0 Å². The van der Waals surface area contributed by atoms with Crippen LogP contribution >= 0.6 is 0 Å². The summed E-state index contributed by atoms with van der Waals surface area (Å²) in [6.45, 7) is 0. The number of non-ortho nitro benzene ring substituents is 1. The van der Waals surface area contributed by atoms with Crippen molar-refractivity contribution in [2.45, 2.75) is 18.0 Å². The number of carbonyl (C=O) groups is 2. The second-order valence-corrected chi connectivity index (χ2v) is 8.74. The van der Waals surface area contributed by atoms with Gasteiger partial charge in [0.25, 0.3) is 5.69 Å². The van der Waals surface area contributed by atoms with Gasteiger partial charge in [-0.3, -0.25) is 19.7 Å². The smallest absolute Gasteiger partial charge is 0.329 e. The molecule has 0 saturated carbocycles. The lowest BCUT2D eigenvalue weighted by Crippen LogP contribution is -2.46. The number of nitro groups is 1. The number of ether oxygens (including phenoxy) is 1. The third-order valence-corrected chi connectivity index (χ3v) is 7.04. The molecule has 3 aromatic carbocycles. The van der Waals surface area contributed by atoms with Crippen molar-refractivity contribution in [2.24, 2.45) is 5.41 Å². The molecule has 0 amide bonds. The summed E-state index contributed by atoms with van der Waals surface area (Å²) in [5.74, 6) is -2.00. The molecule has 36 heavy (non-hydrogen) atoms. The molecule has 5 rings (SSSR count). The number of nitrogens with zero attached hydrogens (tertiary/aromatic N) is 3. The van der Waals surface area contributed by atoms with Gasteiger partial charge in [0.1, 0.15) is 6.04 Å². The molecule has 0 bridgehead atoms. The Morgan fingerprint density at radius 3 is 2.33 bits per heavy atom. The highest BCUT2D eigenvalue weighted by Crippen LogP contribution is 2.56. The number of Topliss-reactive ketones (excluding diaryl/α,β-unsaturated/α-hetero) is 1. The Balaban J connectivity index is 1.80. The van der Waals surface area contributed by atoms with E-state index in [0.717, 1.165) is 5.56 Å². The molecule has 4 atom stereocenters. The van der Waals surface area contributed by atoms with Crippen LogP contribution in [0.25, 0.3) is 6.08 Å². The minimum atomic E-state index is -1.79. The molecule has 2 aliphatic rings. The molecule has 0 unspecified atom stereocenters. The van der Waals surface area contributed by atoms with E-state index in [-0.39, 0.29) is 11.5 Å². The van der Waals surface area contributed by atoms with E-state index in [4.69, 9.17) is 4.74 Å². The summed E-state index contributed by atoms with van der Waals surface area (Å²) in [6, 6.07) is 22.3. The van der Waals surface area contributed by atoms with Gasteiger partial charge in [-0.05, 0) is 17.2 Å². The van der Waals surface area contributed by atoms with Crippen LogP contribution in [0, 0.1) is 26.9 Å². The molecule has 8 nitrogen and oxygen atoms in total. The number of hydrogen-bond acceptors (Lipinski definition) is 7. The fraction of sp³-hybridized carbons (Fsp3) is 0.179. The third-order valence-electron chi connectivity index (χ3n) is 7.04. The van der Waals surface area contributed by atoms with E-state index in [2.05, 4.69) is 6.07 Å². The normalized spacial score (nSPS) is 23.8. The van der Waals surface area contributed by atoms with E-state index in [1.54, 1.807) is 36.4 Å². The lowest BCUT2D eigenvalue weighted by molar-refractivity contribution is -0.384. The van der Waals surface area contributed by atoms with Crippen molar-refractivity contribution in [3.05, 3.63) is 112 Å². The number of carbonyl (C=O) groups excluding carboxylic acids is 2. The van der Waals surface area contributed by atoms with Gasteiger partial charge >= 0.3 is 5.97 Å². The van der Waals surface area contributed by atoms with Gasteiger partial charge in [0.05, 0.1) is 24.1 Å². The summed E-state index contributed by atoms with van der Waals surface area (Å²) >= 11 is 0. The van der Waals surface area contributed by atoms with Crippen molar-refractivity contribution in [1.29, 1.82) is 5.26 Å². The zero-order valence-electron chi connectivity index (χ0n) is 19.3. The maximum absolute atomic E-state index is 14.1. The molecule has 3 aromatic rings. The van der Waals surface area contributed by atoms with Gasteiger partial charge in [-0.1, -0.05) is 72.8 Å². The summed E-state index contributed by atoms with van der Waals surface area (Å²) in [4.78, 5) is 40.2. The molecule has 2 aliphatic heterocycles. The van der Waals surface area contributed by atoms with Crippen LogP contribution in [0.2, 0.25) is 0 Å². The summed E-state index contributed by atoms with van der Waals surface area (Å²) in [5, 5.41) is 21.9. The van der Waals surface area contributed by atoms with Crippen molar-refractivity contribution >= 4 is 29.2 Å². The second kappa shape index (κ2) is 8.78. The highest BCUT2D eigenvalue weighted by Gasteiger charge is 2.67. The van der Waals surface area contributed by atoms with Gasteiger partial charge in [-0.25, -0.2) is 0 Å². The summed E-state index contributed by atoms with van der Waals surface area (Å²) in [7, 11) is 1.21. The molecular formula is C28H21N3O5. The lowest BCUT2D eigenvalue weighted by atomic mass is 9.68. The van der Waals surface area contributed by atoms with Crippen LogP contribution in [0.15, 0.2) is 84.9 Å².